The van der Waals surface area contributed by atoms with Crippen LogP contribution in [0.15, 0.2) is 84.2 Å². The van der Waals surface area contributed by atoms with E-state index in [-0.39, 0.29) is 18.4 Å². The minimum Gasteiger partial charge on any atom is -0.484 e. The van der Waals surface area contributed by atoms with Crippen molar-refractivity contribution >= 4 is 23.7 Å². The van der Waals surface area contributed by atoms with Gasteiger partial charge in [0.15, 0.2) is 6.61 Å². The molecule has 3 aromatic rings. The van der Waals surface area contributed by atoms with E-state index in [0.29, 0.717) is 11.3 Å². The SMILES string of the molecule is O=C(COc1ccc(/C=N\NC(=O)c2ccncc2)cc1)Nc1ccccc1. The van der Waals surface area contributed by atoms with E-state index < -0.39 is 0 Å². The number of nitrogens with zero attached hydrogens (tertiary/aromatic N) is 2. The Bertz CT molecular complexity index is 942. The van der Waals surface area contributed by atoms with Crippen LogP contribution in [-0.2, 0) is 4.79 Å². The van der Waals surface area contributed by atoms with Gasteiger partial charge in [-0.15, -0.1) is 0 Å². The van der Waals surface area contributed by atoms with Crippen LogP contribution in [0.4, 0.5) is 5.69 Å². The van der Waals surface area contributed by atoms with Gasteiger partial charge in [0.25, 0.3) is 11.8 Å². The van der Waals surface area contributed by atoms with Crippen LogP contribution in [-0.4, -0.2) is 29.6 Å². The second-order valence-corrected chi connectivity index (χ2v) is 5.71. The molecule has 7 heteroatoms. The van der Waals surface area contributed by atoms with Gasteiger partial charge in [0, 0.05) is 23.6 Å². The number of aromatic nitrogens is 1. The molecule has 1 aromatic heterocycles. The second-order valence-electron chi connectivity index (χ2n) is 5.71. The summed E-state index contributed by atoms with van der Waals surface area (Å²) in [6.45, 7) is -0.0929. The van der Waals surface area contributed by atoms with E-state index in [1.54, 1.807) is 48.5 Å². The zero-order valence-electron chi connectivity index (χ0n) is 14.9. The molecule has 0 saturated carbocycles. The molecule has 7 nitrogen and oxygen atoms in total. The maximum atomic E-state index is 11.9. The molecule has 0 saturated heterocycles. The normalized spacial score (nSPS) is 10.4. The summed E-state index contributed by atoms with van der Waals surface area (Å²) in [6, 6.07) is 19.4. The van der Waals surface area contributed by atoms with Gasteiger partial charge >= 0.3 is 0 Å². The molecule has 3 rings (SSSR count). The first-order chi connectivity index (χ1) is 13.7. The Hall–Kier alpha value is -4.00. The fraction of sp³-hybridized carbons (Fsp3) is 0.0476. The molecule has 0 aliphatic heterocycles. The Balaban J connectivity index is 1.45. The molecule has 28 heavy (non-hydrogen) atoms. The maximum absolute atomic E-state index is 11.9. The van der Waals surface area contributed by atoms with Crippen LogP contribution >= 0.6 is 0 Å². The lowest BCUT2D eigenvalue weighted by Crippen LogP contribution is -2.20. The van der Waals surface area contributed by atoms with E-state index in [1.807, 2.05) is 18.2 Å². The minimum atomic E-state index is -0.317. The van der Waals surface area contributed by atoms with Crippen molar-refractivity contribution in [2.75, 3.05) is 11.9 Å². The standard InChI is InChI=1S/C21H18N4O3/c26-20(24-18-4-2-1-3-5-18)15-28-19-8-6-16(7-9-19)14-23-25-21(27)17-10-12-22-13-11-17/h1-14H,15H2,(H,24,26)(H,25,27)/b23-14-. The smallest absolute Gasteiger partial charge is 0.271 e. The van der Waals surface area contributed by atoms with Crippen molar-refractivity contribution in [3.05, 3.63) is 90.3 Å². The number of nitrogens with one attached hydrogen (secondary N) is 2. The number of ether oxygens (including phenoxy) is 1. The van der Waals surface area contributed by atoms with E-state index >= 15 is 0 Å². The third kappa shape index (κ3) is 5.77. The number of hydrogen-bond donors (Lipinski definition) is 2. The predicted octanol–water partition coefficient (Wildman–Crippen LogP) is 2.86. The first-order valence-electron chi connectivity index (χ1n) is 8.52. The van der Waals surface area contributed by atoms with E-state index in [1.165, 1.54) is 18.6 Å². The summed E-state index contributed by atoms with van der Waals surface area (Å²) in [6.07, 6.45) is 4.60. The first kappa shape index (κ1) is 18.8. The summed E-state index contributed by atoms with van der Waals surface area (Å²) >= 11 is 0. The van der Waals surface area contributed by atoms with Gasteiger partial charge in [-0.2, -0.15) is 5.10 Å². The molecule has 0 unspecified atom stereocenters. The molecule has 0 fully saturated rings. The van der Waals surface area contributed by atoms with Crippen molar-refractivity contribution in [1.29, 1.82) is 0 Å². The van der Waals surface area contributed by atoms with Gasteiger partial charge in [-0.1, -0.05) is 18.2 Å². The Morgan fingerprint density at radius 3 is 2.39 bits per heavy atom. The quantitative estimate of drug-likeness (QED) is 0.491. The molecule has 2 N–H and O–H groups in total. The average Bonchev–Trinajstić information content (AvgIpc) is 2.74. The number of hydrogen-bond acceptors (Lipinski definition) is 5. The number of pyridine rings is 1. The molecule has 0 spiro atoms. The highest BCUT2D eigenvalue weighted by atomic mass is 16.5. The number of benzene rings is 2. The van der Waals surface area contributed by atoms with Crippen LogP contribution < -0.4 is 15.5 Å². The first-order valence-corrected chi connectivity index (χ1v) is 8.52. The number of anilines is 1. The lowest BCUT2D eigenvalue weighted by Gasteiger charge is -2.07. The highest BCUT2D eigenvalue weighted by molar-refractivity contribution is 5.94. The Kier molecular flexibility index (Phi) is 6.46. The van der Waals surface area contributed by atoms with Gasteiger partial charge in [-0.05, 0) is 54.1 Å². The largest absolute Gasteiger partial charge is 0.484 e. The van der Waals surface area contributed by atoms with Gasteiger partial charge < -0.3 is 10.1 Å². The van der Waals surface area contributed by atoms with Crippen LogP contribution in [0.25, 0.3) is 0 Å². The monoisotopic (exact) mass is 374 g/mol. The number of carbonyl (C=O) groups is 2. The second kappa shape index (κ2) is 9.63. The van der Waals surface area contributed by atoms with Crippen molar-refractivity contribution in [3.8, 4) is 5.75 Å². The molecule has 1 heterocycles. The number of amides is 2. The number of hydrazone groups is 1. The number of rotatable bonds is 7. The Morgan fingerprint density at radius 2 is 1.68 bits per heavy atom. The van der Waals surface area contributed by atoms with Crippen molar-refractivity contribution in [2.24, 2.45) is 5.10 Å². The molecule has 140 valence electrons. The fourth-order valence-corrected chi connectivity index (χ4v) is 2.25. The fourth-order valence-electron chi connectivity index (χ4n) is 2.25. The summed E-state index contributed by atoms with van der Waals surface area (Å²) in [5, 5.41) is 6.67. The van der Waals surface area contributed by atoms with Gasteiger partial charge in [0.05, 0.1) is 6.21 Å². The minimum absolute atomic E-state index is 0.0929. The van der Waals surface area contributed by atoms with Crippen LogP contribution in [0.1, 0.15) is 15.9 Å². The van der Waals surface area contributed by atoms with E-state index in [2.05, 4.69) is 20.8 Å². The van der Waals surface area contributed by atoms with Gasteiger partial charge in [0.1, 0.15) is 5.75 Å². The molecule has 0 radical (unpaired) electrons. The van der Waals surface area contributed by atoms with E-state index in [4.69, 9.17) is 4.74 Å². The maximum Gasteiger partial charge on any atom is 0.271 e. The van der Waals surface area contributed by atoms with Crippen molar-refractivity contribution in [2.45, 2.75) is 0 Å². The van der Waals surface area contributed by atoms with Crippen LogP contribution in [0.2, 0.25) is 0 Å². The van der Waals surface area contributed by atoms with E-state index in [0.717, 1.165) is 11.3 Å². The van der Waals surface area contributed by atoms with Crippen LogP contribution in [0.5, 0.6) is 5.75 Å². The van der Waals surface area contributed by atoms with Gasteiger partial charge in [-0.3, -0.25) is 14.6 Å². The third-order valence-corrected chi connectivity index (χ3v) is 3.63. The highest BCUT2D eigenvalue weighted by Gasteiger charge is 2.04. The van der Waals surface area contributed by atoms with Gasteiger partial charge in [0.2, 0.25) is 0 Å². The average molecular weight is 374 g/mol. The molecular weight excluding hydrogens is 356 g/mol. The number of para-hydroxylation sites is 1. The Morgan fingerprint density at radius 1 is 0.964 bits per heavy atom. The zero-order chi connectivity index (χ0) is 19.6. The van der Waals surface area contributed by atoms with Crippen LogP contribution in [0, 0.1) is 0 Å². The van der Waals surface area contributed by atoms with Crippen molar-refractivity contribution in [1.82, 2.24) is 10.4 Å². The predicted molar refractivity (Wildman–Crippen MR) is 106 cm³/mol. The molecule has 0 aliphatic rings. The van der Waals surface area contributed by atoms with Crippen LogP contribution in [0.3, 0.4) is 0 Å². The molecule has 0 atom stereocenters. The lowest BCUT2D eigenvalue weighted by molar-refractivity contribution is -0.118. The highest BCUT2D eigenvalue weighted by Crippen LogP contribution is 2.11. The molecule has 0 bridgehead atoms. The third-order valence-electron chi connectivity index (χ3n) is 3.63. The zero-order valence-corrected chi connectivity index (χ0v) is 14.9. The Labute approximate surface area is 162 Å². The molecule has 2 amide bonds. The van der Waals surface area contributed by atoms with Crippen molar-refractivity contribution < 1.29 is 14.3 Å². The molecular formula is C21H18N4O3. The van der Waals surface area contributed by atoms with E-state index in [9.17, 15) is 9.59 Å². The summed E-state index contributed by atoms with van der Waals surface area (Å²) < 4.78 is 5.46. The van der Waals surface area contributed by atoms with Gasteiger partial charge in [-0.25, -0.2) is 5.43 Å². The lowest BCUT2D eigenvalue weighted by atomic mass is 10.2. The summed E-state index contributed by atoms with van der Waals surface area (Å²) in [5.41, 5.74) is 4.41. The topological polar surface area (TPSA) is 92.7 Å². The molecule has 0 aliphatic carbocycles. The van der Waals surface area contributed by atoms with Crippen molar-refractivity contribution in [3.63, 3.8) is 0 Å². The summed E-state index contributed by atoms with van der Waals surface area (Å²) in [7, 11) is 0. The summed E-state index contributed by atoms with van der Waals surface area (Å²) in [5.74, 6) is -0.000113. The summed E-state index contributed by atoms with van der Waals surface area (Å²) in [4.78, 5) is 27.6. The molecule has 2 aromatic carbocycles. The number of carbonyl (C=O) groups excluding carboxylic acids is 2.